The van der Waals surface area contributed by atoms with Gasteiger partial charge in [-0.15, -0.1) is 0 Å². The Hall–Kier alpha value is 0.883. The molecule has 0 spiro atoms. The van der Waals surface area contributed by atoms with Gasteiger partial charge in [-0.05, 0) is 0 Å². The Balaban J connectivity index is 3.02. The molecule has 0 saturated carbocycles. The molecule has 0 rings (SSSR count). The van der Waals surface area contributed by atoms with Crippen molar-refractivity contribution >= 4 is 24.7 Å². The van der Waals surface area contributed by atoms with Gasteiger partial charge >= 0.3 is 48.6 Å². The summed E-state index contributed by atoms with van der Waals surface area (Å²) in [6, 6.07) is 0. The Labute approximate surface area is 48.8 Å². The van der Waals surface area contributed by atoms with Gasteiger partial charge in [0.1, 0.15) is 0 Å². The van der Waals surface area contributed by atoms with E-state index in [1.807, 2.05) is 0 Å². The number of hydrogen-bond donors (Lipinski definition) is 0. The Morgan fingerprint density at radius 3 is 1.20 bits per heavy atom. The molecule has 0 bridgehead atoms. The third-order valence-corrected chi connectivity index (χ3v) is 0. The van der Waals surface area contributed by atoms with Crippen LogP contribution in [-0.2, 0) is 0 Å². The zero-order valence-electron chi connectivity index (χ0n) is 3.95. The van der Waals surface area contributed by atoms with Crippen molar-refractivity contribution in [1.82, 2.24) is 0 Å². The van der Waals surface area contributed by atoms with Gasteiger partial charge in [-0.1, -0.05) is 0 Å². The molecule has 0 aliphatic heterocycles. The van der Waals surface area contributed by atoms with Crippen molar-refractivity contribution < 1.29 is 0 Å². The Morgan fingerprint density at radius 2 is 1.20 bits per heavy atom. The van der Waals surface area contributed by atoms with Crippen LogP contribution in [0, 0.1) is 0 Å². The predicted octanol–water partition coefficient (Wildman–Crippen LogP) is 1.37. The summed E-state index contributed by atoms with van der Waals surface area (Å²) in [7, 11) is 0. The van der Waals surface area contributed by atoms with Gasteiger partial charge < -0.3 is 0 Å². The molecular formula is C4H9Bi. The normalized spacial score (nSPS) is 12.0. The minimum atomic E-state index is 0.611. The molecule has 0 aromatic carbocycles. The fourth-order valence-electron chi connectivity index (χ4n) is 0. The molecule has 0 N–H and O–H groups in total. The molecule has 0 aliphatic rings. The molecule has 1 heteroatoms. The molecule has 0 fully saturated rings. The van der Waals surface area contributed by atoms with Crippen LogP contribution in [0.1, 0.15) is 20.8 Å². The summed E-state index contributed by atoms with van der Waals surface area (Å²) in [6.45, 7) is 6.71. The monoisotopic (exact) mass is 266 g/mol. The van der Waals surface area contributed by atoms with Crippen molar-refractivity contribution in [2.75, 3.05) is 0 Å². The van der Waals surface area contributed by atoms with Crippen molar-refractivity contribution in [1.29, 1.82) is 0 Å². The number of hydrogen-bond acceptors (Lipinski definition) is 0. The molecule has 0 atom stereocenters. The Morgan fingerprint density at radius 1 is 1.20 bits per heavy atom. The maximum atomic E-state index is 2.24. The van der Waals surface area contributed by atoms with Gasteiger partial charge in [0.25, 0.3) is 0 Å². The second kappa shape index (κ2) is 1.55. The Bertz CT molecular complexity index is 19.1. The van der Waals surface area contributed by atoms with E-state index in [1.54, 1.807) is 0 Å². The number of rotatable bonds is 0. The van der Waals surface area contributed by atoms with Crippen molar-refractivity contribution in [2.24, 2.45) is 0 Å². The second-order valence-electron chi connectivity index (χ2n) is 2.17. The summed E-state index contributed by atoms with van der Waals surface area (Å²) in [6.07, 6.45) is 0. The van der Waals surface area contributed by atoms with Crippen LogP contribution < -0.4 is 0 Å². The summed E-state index contributed by atoms with van der Waals surface area (Å²) >= 11 is 1.48. The molecule has 5 heavy (non-hydrogen) atoms. The van der Waals surface area contributed by atoms with Gasteiger partial charge in [-0.25, -0.2) is 0 Å². The molecule has 0 unspecified atom stereocenters. The van der Waals surface area contributed by atoms with E-state index in [0.29, 0.717) is 3.12 Å². The van der Waals surface area contributed by atoms with Crippen molar-refractivity contribution in [3.8, 4) is 0 Å². The first-order chi connectivity index (χ1) is 2.00. The topological polar surface area (TPSA) is 0 Å². The third kappa shape index (κ3) is 52.0. The van der Waals surface area contributed by atoms with Crippen molar-refractivity contribution in [3.05, 3.63) is 0 Å². The van der Waals surface area contributed by atoms with Crippen LogP contribution in [0.5, 0.6) is 0 Å². The second-order valence-corrected chi connectivity index (χ2v) is 7.39. The van der Waals surface area contributed by atoms with E-state index >= 15 is 0 Å². The van der Waals surface area contributed by atoms with Crippen molar-refractivity contribution in [2.45, 2.75) is 23.9 Å². The SMILES string of the molecule is C[C](C)(C)[Bi]. The first-order valence-corrected chi connectivity index (χ1v) is 3.46. The molecule has 30 valence electrons. The fraction of sp³-hybridized carbons (Fsp3) is 1.00. The third-order valence-electron chi connectivity index (χ3n) is 0. The van der Waals surface area contributed by atoms with Crippen LogP contribution >= 0.6 is 0 Å². The molecule has 0 aromatic heterocycles. The van der Waals surface area contributed by atoms with Crippen LogP contribution in [0.25, 0.3) is 0 Å². The summed E-state index contributed by atoms with van der Waals surface area (Å²) in [5, 5.41) is 0. The molecule has 0 heterocycles. The average Bonchev–Trinajstić information content (AvgIpc) is 0.722. The molecule has 0 aromatic rings. The standard InChI is InChI=1S/C4H9.Bi/c1-4(2)3;/h1-3H3;. The van der Waals surface area contributed by atoms with E-state index in [4.69, 9.17) is 0 Å². The zero-order chi connectivity index (χ0) is 4.50. The molecule has 2 radical (unpaired) electrons. The van der Waals surface area contributed by atoms with Crippen LogP contribution in [-0.4, -0.2) is 24.7 Å². The first kappa shape index (κ1) is 5.88. The van der Waals surface area contributed by atoms with Gasteiger partial charge in [0.15, 0.2) is 0 Å². The summed E-state index contributed by atoms with van der Waals surface area (Å²) < 4.78 is 0.611. The van der Waals surface area contributed by atoms with Gasteiger partial charge in [-0.3, -0.25) is 0 Å². The van der Waals surface area contributed by atoms with Crippen LogP contribution in [0.4, 0.5) is 0 Å². The first-order valence-electron chi connectivity index (χ1n) is 1.72. The van der Waals surface area contributed by atoms with Gasteiger partial charge in [-0.2, -0.15) is 0 Å². The predicted molar refractivity (Wildman–Crippen MR) is 25.5 cm³/mol. The van der Waals surface area contributed by atoms with E-state index in [9.17, 15) is 0 Å². The molecule has 0 nitrogen and oxygen atoms in total. The molecular weight excluding hydrogens is 257 g/mol. The van der Waals surface area contributed by atoms with E-state index in [1.165, 1.54) is 24.7 Å². The quantitative estimate of drug-likeness (QED) is 0.581. The molecule has 0 aliphatic carbocycles. The average molecular weight is 266 g/mol. The zero-order valence-corrected chi connectivity index (χ0v) is 7.42. The summed E-state index contributed by atoms with van der Waals surface area (Å²) in [4.78, 5) is 0. The van der Waals surface area contributed by atoms with Gasteiger partial charge in [0, 0.05) is 0 Å². The van der Waals surface area contributed by atoms with Crippen molar-refractivity contribution in [3.63, 3.8) is 0 Å². The molecule has 0 saturated heterocycles. The maximum absolute atomic E-state index is 2.24. The minimum absolute atomic E-state index is 0.611. The van der Waals surface area contributed by atoms with Crippen LogP contribution in [0.15, 0.2) is 0 Å². The van der Waals surface area contributed by atoms with Crippen LogP contribution in [0.3, 0.4) is 0 Å². The van der Waals surface area contributed by atoms with E-state index in [-0.39, 0.29) is 0 Å². The molecule has 0 amide bonds. The van der Waals surface area contributed by atoms with E-state index < -0.39 is 0 Å². The van der Waals surface area contributed by atoms with Gasteiger partial charge in [0.05, 0.1) is 0 Å². The van der Waals surface area contributed by atoms with E-state index in [0.717, 1.165) is 0 Å². The summed E-state index contributed by atoms with van der Waals surface area (Å²) in [5.41, 5.74) is 0. The van der Waals surface area contributed by atoms with E-state index in [2.05, 4.69) is 20.8 Å². The van der Waals surface area contributed by atoms with Crippen LogP contribution in [0.2, 0.25) is 3.12 Å². The summed E-state index contributed by atoms with van der Waals surface area (Å²) in [5.74, 6) is 0. The Kier molecular flexibility index (Phi) is 1.83. The van der Waals surface area contributed by atoms with Gasteiger partial charge in [0.2, 0.25) is 0 Å². The fourth-order valence-corrected chi connectivity index (χ4v) is 0.